The number of rotatable bonds is 14. The molecule has 3 nitrogen and oxygen atoms in total. The fourth-order valence-electron chi connectivity index (χ4n) is 4.50. The summed E-state index contributed by atoms with van der Waals surface area (Å²) in [7, 11) is 0. The van der Waals surface area contributed by atoms with E-state index in [0.717, 1.165) is 28.5 Å². The van der Waals surface area contributed by atoms with Crippen molar-refractivity contribution in [2.45, 2.75) is 76.9 Å². The van der Waals surface area contributed by atoms with Crippen LogP contribution in [-0.4, -0.2) is 18.5 Å². The summed E-state index contributed by atoms with van der Waals surface area (Å²) in [6.07, 6.45) is 11.0. The van der Waals surface area contributed by atoms with Crippen LogP contribution in [0, 0.1) is 0 Å². The molecular weight excluding hydrogens is 408 g/mol. The highest BCUT2D eigenvalue weighted by atomic mass is 16.6. The first-order valence-electron chi connectivity index (χ1n) is 12.7. The van der Waals surface area contributed by atoms with E-state index in [0.29, 0.717) is 12.2 Å². The van der Waals surface area contributed by atoms with E-state index in [1.54, 1.807) is 0 Å². The number of carbonyl (C=O) groups is 1. The van der Waals surface area contributed by atoms with Crippen molar-refractivity contribution in [1.29, 1.82) is 0 Å². The third kappa shape index (κ3) is 6.45. The summed E-state index contributed by atoms with van der Waals surface area (Å²) in [6, 6.07) is 21.9. The zero-order valence-electron chi connectivity index (χ0n) is 19.8. The van der Waals surface area contributed by atoms with Crippen LogP contribution in [0.3, 0.4) is 0 Å². The first-order chi connectivity index (χ1) is 16.3. The average molecular weight is 445 g/mol. The zero-order chi connectivity index (χ0) is 22.9. The van der Waals surface area contributed by atoms with E-state index in [1.165, 1.54) is 51.4 Å². The molecule has 33 heavy (non-hydrogen) atoms. The standard InChI is InChI=1S/C30H36O3/c1-2-3-4-5-6-7-8-9-14-21-32-27-18-13-12-17-26(27)29-30(33-29)28(31)25-20-19-23-15-10-11-16-24(23)22-25/h10-13,15-20,22,29-30H,2-9,14,21H2,1H3. The molecule has 0 spiro atoms. The molecule has 3 heteroatoms. The van der Waals surface area contributed by atoms with Gasteiger partial charge in [0.15, 0.2) is 11.9 Å². The first kappa shape index (κ1) is 23.5. The normalized spacial score (nSPS) is 17.2. The molecule has 174 valence electrons. The van der Waals surface area contributed by atoms with Crippen LogP contribution in [0.25, 0.3) is 10.8 Å². The molecule has 0 radical (unpaired) electrons. The van der Waals surface area contributed by atoms with Crippen molar-refractivity contribution in [2.24, 2.45) is 0 Å². The summed E-state index contributed by atoms with van der Waals surface area (Å²) >= 11 is 0. The molecule has 1 aliphatic heterocycles. The van der Waals surface area contributed by atoms with Crippen LogP contribution in [-0.2, 0) is 4.74 Å². The number of hydrogen-bond acceptors (Lipinski definition) is 3. The summed E-state index contributed by atoms with van der Waals surface area (Å²) < 4.78 is 11.9. The Kier molecular flexibility index (Phi) is 8.54. The third-order valence-electron chi connectivity index (χ3n) is 6.51. The summed E-state index contributed by atoms with van der Waals surface area (Å²) in [4.78, 5) is 13.0. The molecule has 2 atom stereocenters. The molecule has 1 fully saturated rings. The monoisotopic (exact) mass is 444 g/mol. The molecule has 0 bridgehead atoms. The van der Waals surface area contributed by atoms with Gasteiger partial charge in [0.25, 0.3) is 0 Å². The second-order valence-electron chi connectivity index (χ2n) is 9.12. The molecule has 0 amide bonds. The van der Waals surface area contributed by atoms with Gasteiger partial charge >= 0.3 is 0 Å². The van der Waals surface area contributed by atoms with E-state index in [1.807, 2.05) is 60.7 Å². The van der Waals surface area contributed by atoms with E-state index in [4.69, 9.17) is 9.47 Å². The molecule has 0 N–H and O–H groups in total. The van der Waals surface area contributed by atoms with Gasteiger partial charge in [-0.25, -0.2) is 0 Å². The lowest BCUT2D eigenvalue weighted by molar-refractivity contribution is 0.0954. The fraction of sp³-hybridized carbons (Fsp3) is 0.433. The lowest BCUT2D eigenvalue weighted by Gasteiger charge is -2.10. The molecular formula is C30H36O3. The van der Waals surface area contributed by atoms with E-state index in [-0.39, 0.29) is 11.9 Å². The Labute approximate surface area is 198 Å². The van der Waals surface area contributed by atoms with Crippen LogP contribution >= 0.6 is 0 Å². The number of ether oxygens (including phenoxy) is 2. The maximum absolute atomic E-state index is 13.0. The highest BCUT2D eigenvalue weighted by Gasteiger charge is 2.47. The van der Waals surface area contributed by atoms with Gasteiger partial charge in [-0.2, -0.15) is 0 Å². The minimum Gasteiger partial charge on any atom is -0.493 e. The number of carbonyl (C=O) groups excluding carboxylic acids is 1. The maximum Gasteiger partial charge on any atom is 0.194 e. The number of hydrogen-bond donors (Lipinski definition) is 0. The smallest absolute Gasteiger partial charge is 0.194 e. The van der Waals surface area contributed by atoms with Crippen molar-refractivity contribution in [3.8, 4) is 5.75 Å². The third-order valence-corrected chi connectivity index (χ3v) is 6.51. The van der Waals surface area contributed by atoms with E-state index < -0.39 is 6.10 Å². The van der Waals surface area contributed by atoms with Crippen LogP contribution in [0.5, 0.6) is 5.75 Å². The molecule has 1 heterocycles. The topological polar surface area (TPSA) is 38.8 Å². The largest absolute Gasteiger partial charge is 0.493 e. The van der Waals surface area contributed by atoms with Gasteiger partial charge in [0, 0.05) is 11.1 Å². The van der Waals surface area contributed by atoms with Crippen LogP contribution in [0.1, 0.15) is 86.7 Å². The summed E-state index contributed by atoms with van der Waals surface area (Å²) in [6.45, 7) is 2.97. The number of para-hydroxylation sites is 1. The maximum atomic E-state index is 13.0. The van der Waals surface area contributed by atoms with Gasteiger partial charge in [-0.15, -0.1) is 0 Å². The van der Waals surface area contributed by atoms with Crippen molar-refractivity contribution in [2.75, 3.05) is 6.61 Å². The molecule has 4 rings (SSSR count). The van der Waals surface area contributed by atoms with E-state index in [2.05, 4.69) is 13.0 Å². The van der Waals surface area contributed by atoms with Crippen molar-refractivity contribution < 1.29 is 14.3 Å². The van der Waals surface area contributed by atoms with Crippen LogP contribution in [0.4, 0.5) is 0 Å². The van der Waals surface area contributed by atoms with Gasteiger partial charge in [-0.05, 0) is 29.3 Å². The highest BCUT2D eigenvalue weighted by molar-refractivity contribution is 6.04. The molecule has 0 aromatic heterocycles. The SMILES string of the molecule is CCCCCCCCCCCOc1ccccc1C1OC1C(=O)c1ccc2ccccc2c1. The predicted octanol–water partition coefficient (Wildman–Crippen LogP) is 8.07. The Morgan fingerprint density at radius 2 is 1.45 bits per heavy atom. The quantitative estimate of drug-likeness (QED) is 0.143. The number of fused-ring (bicyclic) bond motifs is 1. The predicted molar refractivity (Wildman–Crippen MR) is 135 cm³/mol. The zero-order valence-corrected chi connectivity index (χ0v) is 19.8. The van der Waals surface area contributed by atoms with Gasteiger partial charge in [0.2, 0.25) is 0 Å². The number of benzene rings is 3. The van der Waals surface area contributed by atoms with Gasteiger partial charge in [-0.1, -0.05) is 113 Å². The first-order valence-corrected chi connectivity index (χ1v) is 12.7. The lowest BCUT2D eigenvalue weighted by atomic mass is 9.99. The highest BCUT2D eigenvalue weighted by Crippen LogP contribution is 2.44. The molecule has 3 aromatic carbocycles. The van der Waals surface area contributed by atoms with Crippen molar-refractivity contribution in [3.05, 3.63) is 77.9 Å². The van der Waals surface area contributed by atoms with Crippen LogP contribution in [0.15, 0.2) is 66.7 Å². The number of Topliss-reactive ketones (excluding diaryl/α,β-unsaturated/α-hetero) is 1. The fourth-order valence-corrected chi connectivity index (χ4v) is 4.50. The molecule has 1 aliphatic rings. The Hall–Kier alpha value is -2.65. The minimum absolute atomic E-state index is 0.0412. The lowest BCUT2D eigenvalue weighted by Crippen LogP contribution is -2.09. The van der Waals surface area contributed by atoms with Gasteiger partial charge in [-0.3, -0.25) is 4.79 Å². The van der Waals surface area contributed by atoms with E-state index in [9.17, 15) is 4.79 Å². The summed E-state index contributed by atoms with van der Waals surface area (Å²) in [5.74, 6) is 0.885. The van der Waals surface area contributed by atoms with Crippen LogP contribution < -0.4 is 4.74 Å². The Morgan fingerprint density at radius 1 is 0.788 bits per heavy atom. The molecule has 3 aromatic rings. The minimum atomic E-state index is -0.427. The summed E-state index contributed by atoms with van der Waals surface area (Å²) in [5.41, 5.74) is 1.68. The Morgan fingerprint density at radius 3 is 2.24 bits per heavy atom. The second-order valence-corrected chi connectivity index (χ2v) is 9.12. The van der Waals surface area contributed by atoms with Crippen molar-refractivity contribution >= 4 is 16.6 Å². The average Bonchev–Trinajstić information content (AvgIpc) is 3.65. The number of unbranched alkanes of at least 4 members (excludes halogenated alkanes) is 8. The van der Waals surface area contributed by atoms with Crippen molar-refractivity contribution in [3.63, 3.8) is 0 Å². The van der Waals surface area contributed by atoms with Gasteiger partial charge in [0.1, 0.15) is 11.9 Å². The van der Waals surface area contributed by atoms with Gasteiger partial charge < -0.3 is 9.47 Å². The second kappa shape index (κ2) is 12.0. The van der Waals surface area contributed by atoms with E-state index >= 15 is 0 Å². The molecule has 0 saturated carbocycles. The number of ketones is 1. The molecule has 0 aliphatic carbocycles. The van der Waals surface area contributed by atoms with Crippen molar-refractivity contribution in [1.82, 2.24) is 0 Å². The Balaban J connectivity index is 1.24. The summed E-state index contributed by atoms with van der Waals surface area (Å²) in [5, 5.41) is 2.21. The Bertz CT molecular complexity index is 1040. The number of epoxide rings is 1. The van der Waals surface area contributed by atoms with Crippen LogP contribution in [0.2, 0.25) is 0 Å². The molecule has 1 saturated heterocycles. The molecule has 2 unspecified atom stereocenters. The van der Waals surface area contributed by atoms with Gasteiger partial charge in [0.05, 0.1) is 6.61 Å².